The first-order chi connectivity index (χ1) is 7.77. The smallest absolute Gasteiger partial charge is 0.224 e. The summed E-state index contributed by atoms with van der Waals surface area (Å²) >= 11 is 0. The summed E-state index contributed by atoms with van der Waals surface area (Å²) < 4.78 is 0. The quantitative estimate of drug-likeness (QED) is 0.728. The Balaban J connectivity index is 2.31. The molecule has 1 aliphatic carbocycles. The second-order valence-electron chi connectivity index (χ2n) is 4.96. The van der Waals surface area contributed by atoms with Gasteiger partial charge in [0.1, 0.15) is 0 Å². The topological polar surface area (TPSA) is 55.1 Å². The van der Waals surface area contributed by atoms with Gasteiger partial charge in [-0.15, -0.1) is 0 Å². The lowest BCUT2D eigenvalue weighted by Gasteiger charge is -2.25. The minimum atomic E-state index is 0.0367. The molecule has 1 saturated carbocycles. The van der Waals surface area contributed by atoms with E-state index in [0.717, 1.165) is 25.3 Å². The van der Waals surface area contributed by atoms with E-state index in [0.29, 0.717) is 6.54 Å². The van der Waals surface area contributed by atoms with Gasteiger partial charge in [0.2, 0.25) is 5.91 Å². The molecule has 3 nitrogen and oxygen atoms in total. The molecule has 0 aromatic carbocycles. The maximum atomic E-state index is 11.8. The molecule has 3 N–H and O–H groups in total. The molecule has 0 aliphatic heterocycles. The molecule has 1 fully saturated rings. The van der Waals surface area contributed by atoms with E-state index < -0.39 is 0 Å². The highest BCUT2D eigenvalue weighted by Gasteiger charge is 2.22. The first-order valence-electron chi connectivity index (χ1n) is 6.75. The van der Waals surface area contributed by atoms with Gasteiger partial charge in [0.25, 0.3) is 0 Å². The lowest BCUT2D eigenvalue weighted by atomic mass is 9.82. The molecule has 0 radical (unpaired) electrons. The third-order valence-corrected chi connectivity index (χ3v) is 3.55. The summed E-state index contributed by atoms with van der Waals surface area (Å²) in [6.07, 6.45) is 8.59. The van der Waals surface area contributed by atoms with Crippen molar-refractivity contribution < 1.29 is 4.79 Å². The van der Waals surface area contributed by atoms with Crippen LogP contribution in [0.5, 0.6) is 0 Å². The number of carbonyl (C=O) groups excluding carboxylic acids is 1. The number of nitrogens with one attached hydrogen (secondary N) is 1. The summed E-state index contributed by atoms with van der Waals surface area (Å²) in [6.45, 7) is 3.34. The van der Waals surface area contributed by atoms with Crippen molar-refractivity contribution in [1.82, 2.24) is 5.32 Å². The van der Waals surface area contributed by atoms with Gasteiger partial charge in [-0.1, -0.05) is 39.0 Å². The Morgan fingerprint density at radius 3 is 2.62 bits per heavy atom. The van der Waals surface area contributed by atoms with Crippen molar-refractivity contribution in [2.24, 2.45) is 17.6 Å². The Morgan fingerprint density at radius 1 is 1.38 bits per heavy atom. The molecule has 0 saturated heterocycles. The van der Waals surface area contributed by atoms with Gasteiger partial charge >= 0.3 is 0 Å². The van der Waals surface area contributed by atoms with Crippen LogP contribution in [0.3, 0.4) is 0 Å². The van der Waals surface area contributed by atoms with Crippen LogP contribution in [0, 0.1) is 11.8 Å². The highest BCUT2D eigenvalue weighted by atomic mass is 16.1. The van der Waals surface area contributed by atoms with E-state index in [1.54, 1.807) is 0 Å². The van der Waals surface area contributed by atoms with Gasteiger partial charge in [-0.05, 0) is 18.8 Å². The van der Waals surface area contributed by atoms with E-state index in [2.05, 4.69) is 12.2 Å². The highest BCUT2D eigenvalue weighted by Crippen LogP contribution is 2.28. The van der Waals surface area contributed by atoms with Gasteiger partial charge < -0.3 is 11.1 Å². The molecule has 0 aromatic rings. The van der Waals surface area contributed by atoms with Crippen LogP contribution < -0.4 is 11.1 Å². The van der Waals surface area contributed by atoms with E-state index in [4.69, 9.17) is 5.73 Å². The Kier molecular flexibility index (Phi) is 6.46. The van der Waals surface area contributed by atoms with Crippen LogP contribution in [0.15, 0.2) is 0 Å². The van der Waals surface area contributed by atoms with Crippen LogP contribution in [0.2, 0.25) is 0 Å². The Hall–Kier alpha value is -0.570. The molecule has 1 atom stereocenters. The molecule has 16 heavy (non-hydrogen) atoms. The SMILES string of the molecule is CCCNC(=O)C(CN)CC1CCCCC1. The largest absolute Gasteiger partial charge is 0.356 e. The van der Waals surface area contributed by atoms with E-state index in [-0.39, 0.29) is 11.8 Å². The Morgan fingerprint density at radius 2 is 2.06 bits per heavy atom. The summed E-state index contributed by atoms with van der Waals surface area (Å²) in [6, 6.07) is 0. The zero-order valence-electron chi connectivity index (χ0n) is 10.5. The third kappa shape index (κ3) is 4.52. The molecule has 3 heteroatoms. The Bertz CT molecular complexity index is 200. The average Bonchev–Trinajstić information content (AvgIpc) is 2.34. The second-order valence-corrected chi connectivity index (χ2v) is 4.96. The number of carbonyl (C=O) groups is 1. The fraction of sp³-hybridized carbons (Fsp3) is 0.923. The van der Waals surface area contributed by atoms with Crippen LogP contribution in [-0.4, -0.2) is 19.0 Å². The molecule has 1 unspecified atom stereocenters. The van der Waals surface area contributed by atoms with E-state index in [1.807, 2.05) is 0 Å². The van der Waals surface area contributed by atoms with Crippen LogP contribution >= 0.6 is 0 Å². The summed E-state index contributed by atoms with van der Waals surface area (Å²) in [5, 5.41) is 2.95. The van der Waals surface area contributed by atoms with Crippen molar-refractivity contribution >= 4 is 5.91 Å². The zero-order valence-corrected chi connectivity index (χ0v) is 10.5. The first kappa shape index (κ1) is 13.5. The van der Waals surface area contributed by atoms with Gasteiger partial charge in [0, 0.05) is 13.1 Å². The molecule has 0 heterocycles. The second kappa shape index (κ2) is 7.66. The average molecular weight is 226 g/mol. The minimum Gasteiger partial charge on any atom is -0.356 e. The molecular weight excluding hydrogens is 200 g/mol. The number of rotatable bonds is 6. The summed E-state index contributed by atoms with van der Waals surface area (Å²) in [7, 11) is 0. The van der Waals surface area contributed by atoms with E-state index >= 15 is 0 Å². The molecule has 1 aliphatic rings. The van der Waals surface area contributed by atoms with Crippen LogP contribution in [0.25, 0.3) is 0 Å². The molecule has 0 aromatic heterocycles. The standard InChI is InChI=1S/C13H26N2O/c1-2-8-15-13(16)12(10-14)9-11-6-4-3-5-7-11/h11-12H,2-10,14H2,1H3,(H,15,16). The van der Waals surface area contributed by atoms with Crippen molar-refractivity contribution in [3.63, 3.8) is 0 Å². The summed E-state index contributed by atoms with van der Waals surface area (Å²) in [5.74, 6) is 0.930. The van der Waals surface area contributed by atoms with Crippen molar-refractivity contribution in [3.05, 3.63) is 0 Å². The third-order valence-electron chi connectivity index (χ3n) is 3.55. The number of nitrogens with two attached hydrogens (primary N) is 1. The van der Waals surface area contributed by atoms with Crippen LogP contribution in [0.1, 0.15) is 51.9 Å². The number of amides is 1. The van der Waals surface area contributed by atoms with Gasteiger partial charge in [0.05, 0.1) is 5.92 Å². The van der Waals surface area contributed by atoms with Crippen molar-refractivity contribution in [2.75, 3.05) is 13.1 Å². The summed E-state index contributed by atoms with van der Waals surface area (Å²) in [5.41, 5.74) is 5.70. The van der Waals surface area contributed by atoms with Crippen LogP contribution in [0.4, 0.5) is 0 Å². The summed E-state index contributed by atoms with van der Waals surface area (Å²) in [4.78, 5) is 11.8. The zero-order chi connectivity index (χ0) is 11.8. The Labute approximate surface area is 99.2 Å². The maximum absolute atomic E-state index is 11.8. The van der Waals surface area contributed by atoms with E-state index in [9.17, 15) is 4.79 Å². The monoisotopic (exact) mass is 226 g/mol. The minimum absolute atomic E-state index is 0.0367. The van der Waals surface area contributed by atoms with Gasteiger partial charge in [-0.25, -0.2) is 0 Å². The fourth-order valence-electron chi connectivity index (χ4n) is 2.53. The van der Waals surface area contributed by atoms with Gasteiger partial charge in [0.15, 0.2) is 0 Å². The lowest BCUT2D eigenvalue weighted by Crippen LogP contribution is -2.36. The molecule has 0 spiro atoms. The molecule has 1 rings (SSSR count). The molecule has 1 amide bonds. The predicted octanol–water partition coefficient (Wildman–Crippen LogP) is 2.06. The molecular formula is C13H26N2O. The lowest BCUT2D eigenvalue weighted by molar-refractivity contribution is -0.125. The van der Waals surface area contributed by atoms with Gasteiger partial charge in [-0.3, -0.25) is 4.79 Å². The van der Waals surface area contributed by atoms with Crippen molar-refractivity contribution in [3.8, 4) is 0 Å². The predicted molar refractivity (Wildman–Crippen MR) is 67.0 cm³/mol. The molecule has 0 bridgehead atoms. The fourth-order valence-corrected chi connectivity index (χ4v) is 2.53. The van der Waals surface area contributed by atoms with Gasteiger partial charge in [-0.2, -0.15) is 0 Å². The van der Waals surface area contributed by atoms with Crippen LogP contribution in [-0.2, 0) is 4.79 Å². The van der Waals surface area contributed by atoms with Crippen molar-refractivity contribution in [2.45, 2.75) is 51.9 Å². The number of hydrogen-bond acceptors (Lipinski definition) is 2. The first-order valence-corrected chi connectivity index (χ1v) is 6.75. The van der Waals surface area contributed by atoms with Crippen molar-refractivity contribution in [1.29, 1.82) is 0 Å². The maximum Gasteiger partial charge on any atom is 0.224 e. The van der Waals surface area contributed by atoms with E-state index in [1.165, 1.54) is 32.1 Å². The number of hydrogen-bond donors (Lipinski definition) is 2. The molecule has 94 valence electrons. The highest BCUT2D eigenvalue weighted by molar-refractivity contribution is 5.78. The normalized spacial score (nSPS) is 19.4.